The topological polar surface area (TPSA) is 55.1 Å². The van der Waals surface area contributed by atoms with E-state index in [0.717, 1.165) is 41.9 Å². The highest BCUT2D eigenvalue weighted by Crippen LogP contribution is 2.38. The van der Waals surface area contributed by atoms with E-state index in [1.54, 1.807) is 12.4 Å². The number of hydrogen-bond donors (Lipinski definition) is 0. The number of hydrogen-bond acceptors (Lipinski definition) is 5. The zero-order valence-corrected chi connectivity index (χ0v) is 13.9. The Kier molecular flexibility index (Phi) is 4.31. The van der Waals surface area contributed by atoms with Gasteiger partial charge in [-0.05, 0) is 43.9 Å². The minimum absolute atomic E-state index is 0.203. The molecule has 122 valence electrons. The molecule has 0 unspecified atom stereocenters. The first kappa shape index (κ1) is 15.1. The van der Waals surface area contributed by atoms with Crippen molar-refractivity contribution in [2.24, 2.45) is 0 Å². The highest BCUT2D eigenvalue weighted by molar-refractivity contribution is 6.31. The summed E-state index contributed by atoms with van der Waals surface area (Å²) < 4.78 is 6.02. The van der Waals surface area contributed by atoms with Gasteiger partial charge in [-0.15, -0.1) is 10.2 Å². The van der Waals surface area contributed by atoms with Crippen molar-refractivity contribution in [1.29, 1.82) is 0 Å². The molecule has 1 saturated heterocycles. The van der Waals surface area contributed by atoms with Gasteiger partial charge in [0, 0.05) is 24.9 Å². The van der Waals surface area contributed by atoms with Crippen LogP contribution in [0.25, 0.3) is 0 Å². The summed E-state index contributed by atoms with van der Waals surface area (Å²) in [5, 5.41) is 9.37. The van der Waals surface area contributed by atoms with E-state index in [1.807, 2.05) is 6.07 Å². The molecule has 23 heavy (non-hydrogen) atoms. The normalized spacial score (nSPS) is 22.9. The van der Waals surface area contributed by atoms with Crippen LogP contribution in [0.5, 0.6) is 0 Å². The van der Waals surface area contributed by atoms with Gasteiger partial charge in [-0.1, -0.05) is 24.4 Å². The van der Waals surface area contributed by atoms with E-state index in [9.17, 15) is 0 Å². The van der Waals surface area contributed by atoms with Gasteiger partial charge in [0.2, 0.25) is 11.8 Å². The van der Waals surface area contributed by atoms with Crippen LogP contribution in [0.1, 0.15) is 67.8 Å². The summed E-state index contributed by atoms with van der Waals surface area (Å²) in [6.07, 6.45) is 10.6. The third kappa shape index (κ3) is 3.12. The zero-order chi connectivity index (χ0) is 15.6. The molecule has 3 heterocycles. The van der Waals surface area contributed by atoms with Gasteiger partial charge in [0.25, 0.3) is 0 Å². The monoisotopic (exact) mass is 332 g/mol. The first-order chi connectivity index (χ1) is 11.3. The average molecular weight is 333 g/mol. The highest BCUT2D eigenvalue weighted by atomic mass is 35.5. The predicted octanol–water partition coefficient (Wildman–Crippen LogP) is 4.11. The molecule has 5 nitrogen and oxygen atoms in total. The minimum Gasteiger partial charge on any atom is -0.423 e. The number of halogens is 1. The van der Waals surface area contributed by atoms with Crippen molar-refractivity contribution >= 4 is 11.6 Å². The maximum absolute atomic E-state index is 6.27. The lowest BCUT2D eigenvalue weighted by molar-refractivity contribution is 0.115. The molecule has 2 aromatic rings. The van der Waals surface area contributed by atoms with Gasteiger partial charge in [-0.3, -0.25) is 9.88 Å². The Morgan fingerprint density at radius 3 is 2.78 bits per heavy atom. The molecule has 0 N–H and O–H groups in total. The van der Waals surface area contributed by atoms with E-state index in [0.29, 0.717) is 5.92 Å². The summed E-state index contributed by atoms with van der Waals surface area (Å²) in [6, 6.07) is 2.19. The smallest absolute Gasteiger partial charge is 0.233 e. The van der Waals surface area contributed by atoms with Crippen LogP contribution in [0, 0.1) is 0 Å². The molecule has 0 spiro atoms. The quantitative estimate of drug-likeness (QED) is 0.843. The molecular formula is C17H21ClN4O. The maximum atomic E-state index is 6.27. The first-order valence-corrected chi connectivity index (χ1v) is 8.85. The van der Waals surface area contributed by atoms with Gasteiger partial charge in [-0.25, -0.2) is 0 Å². The van der Waals surface area contributed by atoms with Crippen molar-refractivity contribution in [3.05, 3.63) is 40.8 Å². The molecule has 1 aliphatic carbocycles. The molecule has 0 aromatic carbocycles. The third-order valence-electron chi connectivity index (χ3n) is 5.04. The Hall–Kier alpha value is -1.46. The number of pyridine rings is 1. The Morgan fingerprint density at radius 1 is 1.13 bits per heavy atom. The molecule has 0 amide bonds. The van der Waals surface area contributed by atoms with Gasteiger partial charge < -0.3 is 4.42 Å². The van der Waals surface area contributed by atoms with Crippen molar-refractivity contribution < 1.29 is 4.42 Å². The molecule has 1 aliphatic heterocycles. The third-order valence-corrected chi connectivity index (χ3v) is 5.38. The molecule has 2 aromatic heterocycles. The molecule has 2 fully saturated rings. The summed E-state index contributed by atoms with van der Waals surface area (Å²) in [7, 11) is 0. The van der Waals surface area contributed by atoms with Crippen LogP contribution in [0.4, 0.5) is 0 Å². The van der Waals surface area contributed by atoms with E-state index in [-0.39, 0.29) is 6.04 Å². The average Bonchev–Trinajstić information content (AvgIpc) is 2.97. The SMILES string of the molecule is Clc1cnccc1CN1CCCC[C@H]1c1nnc(C2CCC2)o1. The molecule has 6 heteroatoms. The van der Waals surface area contributed by atoms with E-state index in [4.69, 9.17) is 16.0 Å². The molecule has 1 atom stereocenters. The second kappa shape index (κ2) is 6.57. The van der Waals surface area contributed by atoms with Crippen molar-refractivity contribution in [3.8, 4) is 0 Å². The molecule has 4 rings (SSSR count). The van der Waals surface area contributed by atoms with Crippen molar-refractivity contribution in [1.82, 2.24) is 20.1 Å². The first-order valence-electron chi connectivity index (χ1n) is 8.47. The number of aromatic nitrogens is 3. The highest BCUT2D eigenvalue weighted by Gasteiger charge is 2.31. The van der Waals surface area contributed by atoms with E-state index < -0.39 is 0 Å². The van der Waals surface area contributed by atoms with Crippen LogP contribution in [0.3, 0.4) is 0 Å². The van der Waals surface area contributed by atoms with Crippen LogP contribution in [0.2, 0.25) is 5.02 Å². The van der Waals surface area contributed by atoms with E-state index >= 15 is 0 Å². The number of likely N-dealkylation sites (tertiary alicyclic amines) is 1. The second-order valence-corrected chi connectivity index (χ2v) is 6.96. The van der Waals surface area contributed by atoms with E-state index in [2.05, 4.69) is 20.1 Å². The molecule has 0 radical (unpaired) electrons. The predicted molar refractivity (Wildman–Crippen MR) is 87.1 cm³/mol. The minimum atomic E-state index is 0.203. The van der Waals surface area contributed by atoms with Gasteiger partial charge in [0.1, 0.15) is 0 Å². The zero-order valence-electron chi connectivity index (χ0n) is 13.1. The van der Waals surface area contributed by atoms with Crippen LogP contribution in [-0.2, 0) is 6.54 Å². The lowest BCUT2D eigenvalue weighted by Crippen LogP contribution is -2.33. The summed E-state index contributed by atoms with van der Waals surface area (Å²) >= 11 is 6.27. The summed E-state index contributed by atoms with van der Waals surface area (Å²) in [6.45, 7) is 1.83. The van der Waals surface area contributed by atoms with Crippen LogP contribution < -0.4 is 0 Å². The van der Waals surface area contributed by atoms with Crippen LogP contribution in [-0.4, -0.2) is 26.6 Å². The van der Waals surface area contributed by atoms with Gasteiger partial charge in [0.05, 0.1) is 11.1 Å². The molecular weight excluding hydrogens is 312 g/mol. The number of piperidine rings is 1. The fourth-order valence-electron chi connectivity index (χ4n) is 3.41. The second-order valence-electron chi connectivity index (χ2n) is 6.56. The lowest BCUT2D eigenvalue weighted by Gasteiger charge is -2.33. The van der Waals surface area contributed by atoms with Gasteiger partial charge >= 0.3 is 0 Å². The molecule has 1 saturated carbocycles. The van der Waals surface area contributed by atoms with Crippen LogP contribution in [0.15, 0.2) is 22.9 Å². The fraction of sp³-hybridized carbons (Fsp3) is 0.588. The Morgan fingerprint density at radius 2 is 2.00 bits per heavy atom. The largest absolute Gasteiger partial charge is 0.423 e. The summed E-state index contributed by atoms with van der Waals surface area (Å²) in [5.74, 6) is 2.10. The fourth-order valence-corrected chi connectivity index (χ4v) is 3.59. The summed E-state index contributed by atoms with van der Waals surface area (Å²) in [5.41, 5.74) is 1.10. The van der Waals surface area contributed by atoms with Crippen molar-refractivity contribution in [2.45, 2.75) is 57.0 Å². The van der Waals surface area contributed by atoms with Crippen LogP contribution >= 0.6 is 11.6 Å². The molecule has 2 aliphatic rings. The number of nitrogens with zero attached hydrogens (tertiary/aromatic N) is 4. The molecule has 0 bridgehead atoms. The lowest BCUT2D eigenvalue weighted by atomic mass is 9.85. The summed E-state index contributed by atoms with van der Waals surface area (Å²) in [4.78, 5) is 6.47. The van der Waals surface area contributed by atoms with E-state index in [1.165, 1.54) is 32.1 Å². The number of rotatable bonds is 4. The van der Waals surface area contributed by atoms with Gasteiger partial charge in [0.15, 0.2) is 0 Å². The Labute approximate surface area is 141 Å². The maximum Gasteiger partial charge on any atom is 0.233 e. The van der Waals surface area contributed by atoms with Gasteiger partial charge in [-0.2, -0.15) is 0 Å². The standard InChI is InChI=1S/C17H21ClN4O/c18-14-10-19-8-7-13(14)11-22-9-2-1-6-15(22)17-21-20-16(23-17)12-4-3-5-12/h7-8,10,12,15H,1-6,9,11H2/t15-/m0/s1. The van der Waals surface area contributed by atoms with Crippen molar-refractivity contribution in [2.75, 3.05) is 6.54 Å². The Bertz CT molecular complexity index is 670. The van der Waals surface area contributed by atoms with Crippen molar-refractivity contribution in [3.63, 3.8) is 0 Å². The Balaban J connectivity index is 1.53.